The molecule has 0 unspecified atom stereocenters. The minimum atomic E-state index is -4.76. The van der Waals surface area contributed by atoms with Gasteiger partial charge in [0.15, 0.2) is 0 Å². The van der Waals surface area contributed by atoms with Crippen molar-refractivity contribution in [3.8, 4) is 11.4 Å². The molecule has 1 aliphatic heterocycles. The number of nitrogens with zero attached hydrogens (tertiary/aromatic N) is 6. The van der Waals surface area contributed by atoms with Crippen molar-refractivity contribution in [2.75, 3.05) is 33.2 Å². The largest absolute Gasteiger partial charge is 0.573 e. The lowest BCUT2D eigenvalue weighted by Gasteiger charge is -2.31. The number of hydrogen-bond acceptors (Lipinski definition) is 7. The van der Waals surface area contributed by atoms with E-state index in [2.05, 4.69) is 30.5 Å². The highest BCUT2D eigenvalue weighted by molar-refractivity contribution is 5.89. The number of piperazine rings is 1. The Morgan fingerprint density at radius 3 is 2.42 bits per heavy atom. The molecule has 0 bridgehead atoms. The Morgan fingerprint density at radius 2 is 1.81 bits per heavy atom. The number of benzene rings is 1. The van der Waals surface area contributed by atoms with Crippen LogP contribution in [0.4, 0.5) is 13.2 Å². The number of carbonyl (C=O) groups excluding carboxylic acids is 1. The Kier molecular flexibility index (Phi) is 5.04. The van der Waals surface area contributed by atoms with E-state index in [1.165, 1.54) is 12.1 Å². The molecular formula is C14H16F3N7O2. The van der Waals surface area contributed by atoms with Crippen LogP contribution >= 0.6 is 0 Å². The second-order valence-corrected chi connectivity index (χ2v) is 5.68. The molecule has 26 heavy (non-hydrogen) atoms. The summed E-state index contributed by atoms with van der Waals surface area (Å²) in [4.78, 5) is 15.4. The second kappa shape index (κ2) is 7.25. The molecule has 12 heteroatoms. The van der Waals surface area contributed by atoms with Crippen molar-refractivity contribution in [2.45, 2.75) is 6.36 Å². The monoisotopic (exact) mass is 371 g/mol. The third kappa shape index (κ3) is 4.67. The third-order valence-corrected chi connectivity index (χ3v) is 3.68. The summed E-state index contributed by atoms with van der Waals surface area (Å²) < 4.78 is 40.3. The Balaban J connectivity index is 1.63. The maximum atomic E-state index is 12.2. The normalized spacial score (nSPS) is 16.5. The summed E-state index contributed by atoms with van der Waals surface area (Å²) in [5.41, 5.74) is 3.04. The first kappa shape index (κ1) is 18.1. The fourth-order valence-electron chi connectivity index (χ4n) is 2.31. The molecule has 0 spiro atoms. The van der Waals surface area contributed by atoms with Gasteiger partial charge in [0, 0.05) is 26.2 Å². The van der Waals surface area contributed by atoms with Crippen molar-refractivity contribution >= 4 is 5.91 Å². The average Bonchev–Trinajstić information content (AvgIpc) is 3.06. The minimum absolute atomic E-state index is 0.139. The number of aromatic nitrogens is 4. The molecule has 1 saturated heterocycles. The maximum absolute atomic E-state index is 12.2. The van der Waals surface area contributed by atoms with Crippen LogP contribution in [0.5, 0.6) is 5.75 Å². The number of likely N-dealkylation sites (N-methyl/N-ethyl adjacent to an activating group) is 1. The van der Waals surface area contributed by atoms with Crippen molar-refractivity contribution in [2.24, 2.45) is 0 Å². The molecular weight excluding hydrogens is 355 g/mol. The first-order chi connectivity index (χ1) is 12.3. The zero-order valence-electron chi connectivity index (χ0n) is 13.8. The number of amides is 1. The molecule has 0 atom stereocenters. The van der Waals surface area contributed by atoms with Crippen molar-refractivity contribution < 1.29 is 22.7 Å². The summed E-state index contributed by atoms with van der Waals surface area (Å²) in [5, 5.41) is 13.1. The van der Waals surface area contributed by atoms with Gasteiger partial charge >= 0.3 is 12.3 Å². The molecule has 0 saturated carbocycles. The summed E-state index contributed by atoms with van der Waals surface area (Å²) in [6, 6.07) is 4.89. The number of halogens is 3. The summed E-state index contributed by atoms with van der Waals surface area (Å²) in [7, 11) is 2.00. The van der Waals surface area contributed by atoms with E-state index in [-0.39, 0.29) is 11.6 Å². The van der Waals surface area contributed by atoms with Gasteiger partial charge in [-0.25, -0.2) is 5.01 Å². The lowest BCUT2D eigenvalue weighted by molar-refractivity contribution is -0.274. The van der Waals surface area contributed by atoms with Crippen LogP contribution in [0.15, 0.2) is 24.3 Å². The van der Waals surface area contributed by atoms with Gasteiger partial charge in [-0.3, -0.25) is 10.2 Å². The average molecular weight is 371 g/mol. The van der Waals surface area contributed by atoms with Crippen LogP contribution in [0.2, 0.25) is 0 Å². The molecule has 2 aromatic rings. The number of nitrogens with one attached hydrogen (secondary N) is 1. The molecule has 3 rings (SSSR count). The molecule has 140 valence electrons. The fraction of sp³-hybridized carbons (Fsp3) is 0.429. The molecule has 1 aromatic heterocycles. The van der Waals surface area contributed by atoms with Gasteiger partial charge in [0.1, 0.15) is 5.75 Å². The molecule has 0 radical (unpaired) electrons. The van der Waals surface area contributed by atoms with E-state index in [1.54, 1.807) is 5.01 Å². The van der Waals surface area contributed by atoms with Crippen molar-refractivity contribution in [3.05, 3.63) is 30.1 Å². The molecule has 1 amide bonds. The van der Waals surface area contributed by atoms with Crippen LogP contribution < -0.4 is 10.2 Å². The van der Waals surface area contributed by atoms with Crippen LogP contribution in [-0.4, -0.2) is 75.6 Å². The molecule has 1 aliphatic rings. The Hall–Kier alpha value is -2.73. The SMILES string of the molecule is CN1CCN(NC(=O)c2nnn(-c3ccc(OC(F)(F)F)cc3)n2)CC1. The van der Waals surface area contributed by atoms with Crippen molar-refractivity contribution in [3.63, 3.8) is 0 Å². The zero-order chi connectivity index (χ0) is 18.7. The van der Waals surface area contributed by atoms with Gasteiger partial charge in [0.2, 0.25) is 0 Å². The predicted octanol–water partition coefficient (Wildman–Crippen LogP) is 0.453. The highest BCUT2D eigenvalue weighted by Crippen LogP contribution is 2.23. The molecule has 2 heterocycles. The Labute approximate surface area is 146 Å². The van der Waals surface area contributed by atoms with E-state index in [0.717, 1.165) is 30.0 Å². The van der Waals surface area contributed by atoms with Crippen LogP contribution in [-0.2, 0) is 0 Å². The van der Waals surface area contributed by atoms with E-state index < -0.39 is 12.3 Å². The minimum Gasteiger partial charge on any atom is -0.406 e. The van der Waals surface area contributed by atoms with Gasteiger partial charge in [-0.1, -0.05) is 0 Å². The molecule has 1 fully saturated rings. The van der Waals surface area contributed by atoms with Gasteiger partial charge in [0.25, 0.3) is 5.82 Å². The quantitative estimate of drug-likeness (QED) is 0.835. The van der Waals surface area contributed by atoms with E-state index in [9.17, 15) is 18.0 Å². The highest BCUT2D eigenvalue weighted by Gasteiger charge is 2.31. The Morgan fingerprint density at radius 1 is 1.15 bits per heavy atom. The standard InChI is InChI=1S/C14H16F3N7O2/c1-22-6-8-23(9-7-22)20-13(25)12-18-21-24(19-12)10-2-4-11(5-3-10)26-14(15,16)17/h2-5H,6-9H2,1H3,(H,20,25). The maximum Gasteiger partial charge on any atom is 0.573 e. The summed E-state index contributed by atoms with van der Waals surface area (Å²) in [6.07, 6.45) is -4.76. The van der Waals surface area contributed by atoms with Gasteiger partial charge in [-0.15, -0.1) is 28.2 Å². The summed E-state index contributed by atoms with van der Waals surface area (Å²) >= 11 is 0. The van der Waals surface area contributed by atoms with Crippen LogP contribution in [0.25, 0.3) is 5.69 Å². The smallest absolute Gasteiger partial charge is 0.406 e. The number of rotatable bonds is 4. The summed E-state index contributed by atoms with van der Waals surface area (Å²) in [5.74, 6) is -1.01. The molecule has 0 aliphatic carbocycles. The fourth-order valence-corrected chi connectivity index (χ4v) is 2.31. The van der Waals surface area contributed by atoms with Gasteiger partial charge in [-0.2, -0.15) is 0 Å². The van der Waals surface area contributed by atoms with E-state index >= 15 is 0 Å². The molecule has 1 N–H and O–H groups in total. The second-order valence-electron chi connectivity index (χ2n) is 5.68. The van der Waals surface area contributed by atoms with Crippen LogP contribution in [0.1, 0.15) is 10.6 Å². The molecule has 1 aromatic carbocycles. The van der Waals surface area contributed by atoms with Crippen LogP contribution in [0.3, 0.4) is 0 Å². The number of carbonyl (C=O) groups is 1. The van der Waals surface area contributed by atoms with Crippen LogP contribution in [0, 0.1) is 0 Å². The van der Waals surface area contributed by atoms with Crippen molar-refractivity contribution in [1.29, 1.82) is 0 Å². The topological polar surface area (TPSA) is 88.4 Å². The third-order valence-electron chi connectivity index (χ3n) is 3.68. The van der Waals surface area contributed by atoms with E-state index in [0.29, 0.717) is 18.8 Å². The lowest BCUT2D eigenvalue weighted by Crippen LogP contribution is -2.52. The number of hydrogen-bond donors (Lipinski definition) is 1. The summed E-state index contributed by atoms with van der Waals surface area (Å²) in [6.45, 7) is 3.01. The van der Waals surface area contributed by atoms with Gasteiger partial charge < -0.3 is 9.64 Å². The predicted molar refractivity (Wildman–Crippen MR) is 82.4 cm³/mol. The molecule has 9 nitrogen and oxygen atoms in total. The Bertz CT molecular complexity index is 755. The first-order valence-electron chi connectivity index (χ1n) is 7.71. The van der Waals surface area contributed by atoms with Gasteiger partial charge in [0.05, 0.1) is 5.69 Å². The number of hydrazine groups is 1. The number of tetrazole rings is 1. The highest BCUT2D eigenvalue weighted by atomic mass is 19.4. The van der Waals surface area contributed by atoms with E-state index in [1.807, 2.05) is 7.05 Å². The zero-order valence-corrected chi connectivity index (χ0v) is 13.8. The van der Waals surface area contributed by atoms with Gasteiger partial charge in [-0.05, 0) is 36.5 Å². The van der Waals surface area contributed by atoms with E-state index in [4.69, 9.17) is 0 Å². The van der Waals surface area contributed by atoms with Crippen molar-refractivity contribution in [1.82, 2.24) is 35.5 Å². The first-order valence-corrected chi connectivity index (χ1v) is 7.71. The number of alkyl halides is 3. The lowest BCUT2D eigenvalue weighted by atomic mass is 10.3. The number of ether oxygens (including phenoxy) is 1.